The second kappa shape index (κ2) is 7.66. The Balaban J connectivity index is 2.16. The predicted octanol–water partition coefficient (Wildman–Crippen LogP) is 2.06. The summed E-state index contributed by atoms with van der Waals surface area (Å²) in [6.07, 6.45) is 8.28. The maximum atomic E-state index is 11.6. The van der Waals surface area contributed by atoms with Gasteiger partial charge in [-0.3, -0.25) is 4.79 Å². The highest BCUT2D eigenvalue weighted by Crippen LogP contribution is 2.31. The third kappa shape index (κ3) is 4.97. The van der Waals surface area contributed by atoms with Crippen molar-refractivity contribution in [3.63, 3.8) is 0 Å². The first-order chi connectivity index (χ1) is 7.74. The number of hydrogen-bond donors (Lipinski definition) is 2. The van der Waals surface area contributed by atoms with Crippen molar-refractivity contribution < 1.29 is 4.79 Å². The van der Waals surface area contributed by atoms with Gasteiger partial charge in [0, 0.05) is 13.0 Å². The number of rotatable bonds is 6. The SMILES string of the molecule is CC(CC(=O)NCCCN)C1CCCCC1. The van der Waals surface area contributed by atoms with E-state index < -0.39 is 0 Å². The molecule has 0 saturated heterocycles. The van der Waals surface area contributed by atoms with Crippen LogP contribution in [-0.4, -0.2) is 19.0 Å². The molecule has 0 aromatic carbocycles. The van der Waals surface area contributed by atoms with Crippen molar-refractivity contribution in [2.24, 2.45) is 17.6 Å². The second-order valence-electron chi connectivity index (χ2n) is 5.07. The van der Waals surface area contributed by atoms with Gasteiger partial charge in [-0.15, -0.1) is 0 Å². The van der Waals surface area contributed by atoms with E-state index in [1.807, 2.05) is 0 Å². The lowest BCUT2D eigenvalue weighted by molar-refractivity contribution is -0.122. The molecule has 3 N–H and O–H groups in total. The third-order valence-corrected chi connectivity index (χ3v) is 3.67. The van der Waals surface area contributed by atoms with E-state index >= 15 is 0 Å². The lowest BCUT2D eigenvalue weighted by atomic mass is 9.79. The van der Waals surface area contributed by atoms with E-state index in [9.17, 15) is 4.79 Å². The summed E-state index contributed by atoms with van der Waals surface area (Å²) in [7, 11) is 0. The summed E-state index contributed by atoms with van der Waals surface area (Å²) >= 11 is 0. The zero-order valence-corrected chi connectivity index (χ0v) is 10.5. The molecule has 0 spiro atoms. The Morgan fingerprint density at radius 1 is 1.38 bits per heavy atom. The van der Waals surface area contributed by atoms with Crippen LogP contribution < -0.4 is 11.1 Å². The van der Waals surface area contributed by atoms with E-state index in [1.165, 1.54) is 32.1 Å². The number of nitrogens with two attached hydrogens (primary N) is 1. The average Bonchev–Trinajstić information content (AvgIpc) is 2.30. The fourth-order valence-electron chi connectivity index (χ4n) is 2.56. The second-order valence-corrected chi connectivity index (χ2v) is 5.07. The van der Waals surface area contributed by atoms with Gasteiger partial charge in [0.05, 0.1) is 0 Å². The molecule has 1 rings (SSSR count). The van der Waals surface area contributed by atoms with Crippen LogP contribution in [0.4, 0.5) is 0 Å². The first-order valence-electron chi connectivity index (χ1n) is 6.70. The minimum atomic E-state index is 0.200. The van der Waals surface area contributed by atoms with Crippen molar-refractivity contribution in [3.8, 4) is 0 Å². The summed E-state index contributed by atoms with van der Waals surface area (Å²) in [6.45, 7) is 3.60. The lowest BCUT2D eigenvalue weighted by Gasteiger charge is -2.27. The van der Waals surface area contributed by atoms with E-state index in [0.717, 1.165) is 18.9 Å². The van der Waals surface area contributed by atoms with Gasteiger partial charge >= 0.3 is 0 Å². The zero-order valence-electron chi connectivity index (χ0n) is 10.5. The molecule has 0 aliphatic heterocycles. The van der Waals surface area contributed by atoms with E-state index in [4.69, 9.17) is 5.73 Å². The average molecular weight is 226 g/mol. The summed E-state index contributed by atoms with van der Waals surface area (Å²) in [5, 5.41) is 2.93. The molecular weight excluding hydrogens is 200 g/mol. The van der Waals surface area contributed by atoms with Gasteiger partial charge in [0.1, 0.15) is 0 Å². The first kappa shape index (κ1) is 13.5. The summed E-state index contributed by atoms with van der Waals surface area (Å²) in [5.41, 5.74) is 5.38. The molecule has 1 amide bonds. The standard InChI is InChI=1S/C13H26N2O/c1-11(12-6-3-2-4-7-12)10-13(16)15-9-5-8-14/h11-12H,2-10,14H2,1H3,(H,15,16). The molecule has 1 atom stereocenters. The van der Waals surface area contributed by atoms with Gasteiger partial charge in [-0.1, -0.05) is 39.0 Å². The topological polar surface area (TPSA) is 55.1 Å². The largest absolute Gasteiger partial charge is 0.356 e. The number of carbonyl (C=O) groups excluding carboxylic acids is 1. The van der Waals surface area contributed by atoms with Gasteiger partial charge in [-0.2, -0.15) is 0 Å². The van der Waals surface area contributed by atoms with Crippen molar-refractivity contribution in [1.29, 1.82) is 0 Å². The van der Waals surface area contributed by atoms with Crippen LogP contribution in [0.2, 0.25) is 0 Å². The molecule has 16 heavy (non-hydrogen) atoms. The van der Waals surface area contributed by atoms with Gasteiger partial charge in [-0.05, 0) is 24.8 Å². The molecule has 3 nitrogen and oxygen atoms in total. The highest BCUT2D eigenvalue weighted by atomic mass is 16.1. The molecule has 0 radical (unpaired) electrons. The van der Waals surface area contributed by atoms with Crippen LogP contribution in [-0.2, 0) is 4.79 Å². The number of nitrogens with one attached hydrogen (secondary N) is 1. The van der Waals surface area contributed by atoms with Crippen molar-refractivity contribution in [1.82, 2.24) is 5.32 Å². The minimum Gasteiger partial charge on any atom is -0.356 e. The molecule has 0 aromatic heterocycles. The molecule has 3 heteroatoms. The molecule has 1 fully saturated rings. The number of carbonyl (C=O) groups is 1. The zero-order chi connectivity index (χ0) is 11.8. The maximum absolute atomic E-state index is 11.6. The molecule has 1 unspecified atom stereocenters. The summed E-state index contributed by atoms with van der Waals surface area (Å²) in [4.78, 5) is 11.6. The molecule has 1 saturated carbocycles. The summed E-state index contributed by atoms with van der Waals surface area (Å²) in [5.74, 6) is 1.51. The summed E-state index contributed by atoms with van der Waals surface area (Å²) in [6, 6.07) is 0. The normalized spacial score (nSPS) is 19.4. The Hall–Kier alpha value is -0.570. The van der Waals surface area contributed by atoms with Crippen molar-refractivity contribution in [2.75, 3.05) is 13.1 Å². The highest BCUT2D eigenvalue weighted by Gasteiger charge is 2.21. The van der Waals surface area contributed by atoms with Gasteiger partial charge in [0.2, 0.25) is 5.91 Å². The van der Waals surface area contributed by atoms with Crippen LogP contribution in [0.15, 0.2) is 0 Å². The van der Waals surface area contributed by atoms with Crippen LogP contribution in [0.5, 0.6) is 0 Å². The van der Waals surface area contributed by atoms with Crippen molar-refractivity contribution in [2.45, 2.75) is 51.9 Å². The van der Waals surface area contributed by atoms with E-state index in [1.54, 1.807) is 0 Å². The molecule has 1 aliphatic rings. The van der Waals surface area contributed by atoms with Crippen LogP contribution in [0.3, 0.4) is 0 Å². The monoisotopic (exact) mass is 226 g/mol. The van der Waals surface area contributed by atoms with Crippen LogP contribution in [0.25, 0.3) is 0 Å². The first-order valence-corrected chi connectivity index (χ1v) is 6.70. The van der Waals surface area contributed by atoms with Crippen molar-refractivity contribution >= 4 is 5.91 Å². The Morgan fingerprint density at radius 2 is 2.06 bits per heavy atom. The fraction of sp³-hybridized carbons (Fsp3) is 0.923. The Bertz CT molecular complexity index is 200. The molecule has 0 heterocycles. The van der Waals surface area contributed by atoms with Crippen LogP contribution in [0.1, 0.15) is 51.9 Å². The van der Waals surface area contributed by atoms with Gasteiger partial charge in [0.15, 0.2) is 0 Å². The van der Waals surface area contributed by atoms with Crippen molar-refractivity contribution in [3.05, 3.63) is 0 Å². The van der Waals surface area contributed by atoms with Gasteiger partial charge in [0.25, 0.3) is 0 Å². The Kier molecular flexibility index (Phi) is 6.46. The van der Waals surface area contributed by atoms with E-state index in [0.29, 0.717) is 18.9 Å². The van der Waals surface area contributed by atoms with Crippen LogP contribution >= 0.6 is 0 Å². The molecule has 0 aromatic rings. The van der Waals surface area contributed by atoms with Gasteiger partial charge < -0.3 is 11.1 Å². The fourth-order valence-corrected chi connectivity index (χ4v) is 2.56. The van der Waals surface area contributed by atoms with E-state index in [2.05, 4.69) is 12.2 Å². The summed E-state index contributed by atoms with van der Waals surface area (Å²) < 4.78 is 0. The van der Waals surface area contributed by atoms with Gasteiger partial charge in [-0.25, -0.2) is 0 Å². The minimum absolute atomic E-state index is 0.200. The molecular formula is C13H26N2O. The predicted molar refractivity (Wildman–Crippen MR) is 67.0 cm³/mol. The Labute approximate surface area is 99.2 Å². The Morgan fingerprint density at radius 3 is 2.69 bits per heavy atom. The smallest absolute Gasteiger partial charge is 0.220 e. The third-order valence-electron chi connectivity index (χ3n) is 3.67. The molecule has 0 bridgehead atoms. The number of hydrogen-bond acceptors (Lipinski definition) is 2. The highest BCUT2D eigenvalue weighted by molar-refractivity contribution is 5.76. The number of amides is 1. The van der Waals surface area contributed by atoms with E-state index in [-0.39, 0.29) is 5.91 Å². The lowest BCUT2D eigenvalue weighted by Crippen LogP contribution is -2.29. The molecule has 94 valence electrons. The molecule has 1 aliphatic carbocycles. The maximum Gasteiger partial charge on any atom is 0.220 e. The van der Waals surface area contributed by atoms with Crippen LogP contribution in [0, 0.1) is 11.8 Å². The quantitative estimate of drug-likeness (QED) is 0.681.